The molecule has 0 aromatic rings. The van der Waals surface area contributed by atoms with Gasteiger partial charge in [0.15, 0.2) is 0 Å². The van der Waals surface area contributed by atoms with Gasteiger partial charge < -0.3 is 20.3 Å². The van der Waals surface area contributed by atoms with Gasteiger partial charge in [-0.3, -0.25) is 9.59 Å². The average molecular weight is 891 g/mol. The normalized spacial score (nSPS) is 12.6. The van der Waals surface area contributed by atoms with Gasteiger partial charge >= 0.3 is 5.97 Å². The van der Waals surface area contributed by atoms with Crippen LogP contribution in [-0.4, -0.2) is 47.4 Å². The molecule has 6 nitrogen and oxygen atoms in total. The first kappa shape index (κ1) is 61.6. The molecule has 6 heteroatoms. The molecular weight excluding hydrogens is 779 g/mol. The van der Waals surface area contributed by atoms with E-state index in [1.165, 1.54) is 238 Å². The van der Waals surface area contributed by atoms with Gasteiger partial charge in [-0.25, -0.2) is 0 Å². The molecule has 0 rings (SSSR count). The van der Waals surface area contributed by atoms with Crippen LogP contribution in [0.25, 0.3) is 0 Å². The molecule has 0 heterocycles. The lowest BCUT2D eigenvalue weighted by molar-refractivity contribution is -0.143. The Morgan fingerprint density at radius 2 is 0.746 bits per heavy atom. The molecule has 0 bridgehead atoms. The monoisotopic (exact) mass is 890 g/mol. The van der Waals surface area contributed by atoms with Gasteiger partial charge in [-0.15, -0.1) is 0 Å². The second kappa shape index (κ2) is 53.2. The zero-order valence-electron chi connectivity index (χ0n) is 42.6. The summed E-state index contributed by atoms with van der Waals surface area (Å²) in [7, 11) is 0. The Balaban J connectivity index is 3.40. The standard InChI is InChI=1S/C57H111NO5/c1-3-5-7-9-11-13-15-17-23-26-29-33-37-41-45-49-55(60)54(53-59)58-56(61)50-46-42-38-34-30-27-24-21-19-18-20-22-25-28-32-36-40-44-48-52-63-57(62)51-47-43-39-35-31-16-14-12-10-8-6-4-2/h12,14,54-55,59-60H,3-11,13,15-53H2,1-2H3,(H,58,61)/b14-12-. The lowest BCUT2D eigenvalue weighted by atomic mass is 10.0. The predicted molar refractivity (Wildman–Crippen MR) is 273 cm³/mol. The van der Waals surface area contributed by atoms with E-state index in [2.05, 4.69) is 31.3 Å². The molecule has 0 aliphatic carbocycles. The molecule has 0 aromatic carbocycles. The second-order valence-electron chi connectivity index (χ2n) is 19.6. The molecule has 0 radical (unpaired) electrons. The van der Waals surface area contributed by atoms with Crippen molar-refractivity contribution in [3.63, 3.8) is 0 Å². The van der Waals surface area contributed by atoms with E-state index in [0.29, 0.717) is 25.9 Å². The molecule has 0 saturated carbocycles. The predicted octanol–water partition coefficient (Wildman–Crippen LogP) is 17.3. The highest BCUT2D eigenvalue weighted by atomic mass is 16.5. The highest BCUT2D eigenvalue weighted by Gasteiger charge is 2.20. The summed E-state index contributed by atoms with van der Waals surface area (Å²) in [5, 5.41) is 23.3. The third kappa shape index (κ3) is 49.9. The van der Waals surface area contributed by atoms with E-state index >= 15 is 0 Å². The number of carbonyl (C=O) groups is 2. The van der Waals surface area contributed by atoms with Crippen LogP contribution in [0.15, 0.2) is 12.2 Å². The summed E-state index contributed by atoms with van der Waals surface area (Å²) < 4.78 is 5.46. The number of aliphatic hydroxyl groups is 2. The number of rotatable bonds is 53. The Bertz CT molecular complexity index is 939. The van der Waals surface area contributed by atoms with Crippen molar-refractivity contribution in [1.82, 2.24) is 5.32 Å². The summed E-state index contributed by atoms with van der Waals surface area (Å²) >= 11 is 0. The van der Waals surface area contributed by atoms with Crippen LogP contribution in [-0.2, 0) is 14.3 Å². The molecule has 1 amide bonds. The van der Waals surface area contributed by atoms with Crippen LogP contribution in [0.1, 0.15) is 316 Å². The molecule has 0 aliphatic heterocycles. The first-order valence-electron chi connectivity index (χ1n) is 28.4. The van der Waals surface area contributed by atoms with Crippen LogP contribution >= 0.6 is 0 Å². The van der Waals surface area contributed by atoms with Crippen molar-refractivity contribution in [1.29, 1.82) is 0 Å². The summed E-state index contributed by atoms with van der Waals surface area (Å²) in [6.45, 7) is 4.93. The Kier molecular flexibility index (Phi) is 52.0. The minimum Gasteiger partial charge on any atom is -0.466 e. The van der Waals surface area contributed by atoms with Crippen LogP contribution in [0.2, 0.25) is 0 Å². The summed E-state index contributed by atoms with van der Waals surface area (Å²) in [6.07, 6.45) is 62.0. The fourth-order valence-corrected chi connectivity index (χ4v) is 8.93. The van der Waals surface area contributed by atoms with E-state index in [4.69, 9.17) is 4.74 Å². The van der Waals surface area contributed by atoms with Crippen molar-refractivity contribution in [3.8, 4) is 0 Å². The molecule has 2 unspecified atom stereocenters. The van der Waals surface area contributed by atoms with Gasteiger partial charge in [-0.05, 0) is 51.4 Å². The van der Waals surface area contributed by atoms with Gasteiger partial charge in [0.2, 0.25) is 5.91 Å². The number of hydrogen-bond donors (Lipinski definition) is 3. The van der Waals surface area contributed by atoms with Gasteiger partial charge in [-0.1, -0.05) is 264 Å². The third-order valence-corrected chi connectivity index (χ3v) is 13.3. The average Bonchev–Trinajstić information content (AvgIpc) is 3.28. The summed E-state index contributed by atoms with van der Waals surface area (Å²) in [4.78, 5) is 24.5. The maximum absolute atomic E-state index is 12.5. The van der Waals surface area contributed by atoms with Crippen LogP contribution in [0.3, 0.4) is 0 Å². The molecule has 3 N–H and O–H groups in total. The lowest BCUT2D eigenvalue weighted by Crippen LogP contribution is -2.45. The van der Waals surface area contributed by atoms with Gasteiger partial charge in [0.1, 0.15) is 0 Å². The van der Waals surface area contributed by atoms with Crippen molar-refractivity contribution in [2.24, 2.45) is 0 Å². The van der Waals surface area contributed by atoms with Crippen molar-refractivity contribution in [3.05, 3.63) is 12.2 Å². The zero-order chi connectivity index (χ0) is 45.8. The number of unbranched alkanes of at least 4 members (excludes halogenated alkanes) is 40. The SMILES string of the molecule is CCCCC/C=C\CCCCCCCC(=O)OCCCCCCCCCCCCCCCCCCCCCC(=O)NC(CO)C(O)CCCCCCCCCCCCCCCCC. The number of ether oxygens (including phenoxy) is 1. The molecule has 0 aromatic heterocycles. The van der Waals surface area contributed by atoms with E-state index < -0.39 is 12.1 Å². The van der Waals surface area contributed by atoms with Crippen molar-refractivity contribution in [2.45, 2.75) is 328 Å². The smallest absolute Gasteiger partial charge is 0.305 e. The maximum atomic E-state index is 12.5. The number of nitrogens with one attached hydrogen (secondary N) is 1. The van der Waals surface area contributed by atoms with Crippen LogP contribution in [0.5, 0.6) is 0 Å². The third-order valence-electron chi connectivity index (χ3n) is 13.3. The Hall–Kier alpha value is -1.40. The summed E-state index contributed by atoms with van der Waals surface area (Å²) in [5.74, 6) is -0.0367. The Morgan fingerprint density at radius 1 is 0.429 bits per heavy atom. The minimum atomic E-state index is -0.665. The molecule has 2 atom stereocenters. The van der Waals surface area contributed by atoms with Crippen LogP contribution in [0.4, 0.5) is 0 Å². The molecule has 374 valence electrons. The lowest BCUT2D eigenvalue weighted by Gasteiger charge is -2.22. The van der Waals surface area contributed by atoms with Crippen molar-refractivity contribution in [2.75, 3.05) is 13.2 Å². The molecule has 63 heavy (non-hydrogen) atoms. The Morgan fingerprint density at radius 3 is 1.16 bits per heavy atom. The highest BCUT2D eigenvalue weighted by Crippen LogP contribution is 2.17. The summed E-state index contributed by atoms with van der Waals surface area (Å²) in [6, 6.07) is -0.542. The van der Waals surface area contributed by atoms with Crippen LogP contribution < -0.4 is 5.32 Å². The number of esters is 1. The molecule has 0 fully saturated rings. The maximum Gasteiger partial charge on any atom is 0.305 e. The molecule has 0 aliphatic rings. The Labute approximate surface area is 393 Å². The summed E-state index contributed by atoms with van der Waals surface area (Å²) in [5.41, 5.74) is 0. The van der Waals surface area contributed by atoms with E-state index in [0.717, 1.165) is 44.9 Å². The van der Waals surface area contributed by atoms with E-state index in [-0.39, 0.29) is 18.5 Å². The van der Waals surface area contributed by atoms with Crippen LogP contribution in [0, 0.1) is 0 Å². The molecular formula is C57H111NO5. The van der Waals surface area contributed by atoms with Crippen molar-refractivity contribution >= 4 is 11.9 Å². The van der Waals surface area contributed by atoms with Gasteiger partial charge in [0.25, 0.3) is 0 Å². The zero-order valence-corrected chi connectivity index (χ0v) is 42.6. The van der Waals surface area contributed by atoms with Gasteiger partial charge in [0.05, 0.1) is 25.4 Å². The number of amides is 1. The first-order chi connectivity index (χ1) is 31.0. The second-order valence-corrected chi connectivity index (χ2v) is 19.6. The fraction of sp³-hybridized carbons (Fsp3) is 0.930. The van der Waals surface area contributed by atoms with E-state index in [1.807, 2.05) is 0 Å². The molecule has 0 spiro atoms. The molecule has 0 saturated heterocycles. The number of hydrogen-bond acceptors (Lipinski definition) is 5. The largest absolute Gasteiger partial charge is 0.466 e. The fourth-order valence-electron chi connectivity index (χ4n) is 8.93. The quantitative estimate of drug-likeness (QED) is 0.0321. The topological polar surface area (TPSA) is 95.9 Å². The first-order valence-corrected chi connectivity index (χ1v) is 28.4. The number of carbonyl (C=O) groups excluding carboxylic acids is 2. The number of aliphatic hydroxyl groups excluding tert-OH is 2. The highest BCUT2D eigenvalue weighted by molar-refractivity contribution is 5.76. The minimum absolute atomic E-state index is 0.000609. The number of allylic oxidation sites excluding steroid dienone is 2. The van der Waals surface area contributed by atoms with Gasteiger partial charge in [-0.2, -0.15) is 0 Å². The van der Waals surface area contributed by atoms with E-state index in [9.17, 15) is 19.8 Å². The van der Waals surface area contributed by atoms with Crippen molar-refractivity contribution < 1.29 is 24.5 Å². The van der Waals surface area contributed by atoms with E-state index in [1.54, 1.807) is 0 Å². The van der Waals surface area contributed by atoms with Gasteiger partial charge in [0, 0.05) is 12.8 Å².